The lowest BCUT2D eigenvalue weighted by atomic mass is 9.93. The van der Waals surface area contributed by atoms with Crippen molar-refractivity contribution in [2.75, 3.05) is 26.1 Å². The Labute approximate surface area is 132 Å². The minimum absolute atomic E-state index is 0.0928. The van der Waals surface area contributed by atoms with Crippen molar-refractivity contribution in [2.24, 2.45) is 0 Å². The maximum Gasteiger partial charge on any atom is 0.418 e. The zero-order valence-electron chi connectivity index (χ0n) is 12.9. The molecule has 3 N–H and O–H groups in total. The standard InChI is InChI=1S/C15H20F3NO4/c1-3-23-14(15(16,17)18)11-5-4-9(6-12(11)19)10(8-22-2)7-13(20)21/h4-6,10,14H,3,7-8,19H2,1-2H3,(H,20,21)/t10-,14-/m1/s1. The van der Waals surface area contributed by atoms with E-state index in [1.54, 1.807) is 0 Å². The van der Waals surface area contributed by atoms with Crippen molar-refractivity contribution in [1.82, 2.24) is 0 Å². The van der Waals surface area contributed by atoms with E-state index in [4.69, 9.17) is 20.3 Å². The maximum absolute atomic E-state index is 13.0. The number of alkyl halides is 3. The Kier molecular flexibility index (Phi) is 6.83. The predicted molar refractivity (Wildman–Crippen MR) is 78.1 cm³/mol. The van der Waals surface area contributed by atoms with E-state index in [2.05, 4.69) is 0 Å². The quantitative estimate of drug-likeness (QED) is 0.713. The minimum atomic E-state index is -4.58. The highest BCUT2D eigenvalue weighted by atomic mass is 19.4. The van der Waals surface area contributed by atoms with Gasteiger partial charge in [0.15, 0.2) is 6.10 Å². The number of ether oxygens (including phenoxy) is 2. The van der Waals surface area contributed by atoms with Crippen LogP contribution in [0, 0.1) is 0 Å². The van der Waals surface area contributed by atoms with E-state index in [0.29, 0.717) is 5.56 Å². The number of hydrogen-bond donors (Lipinski definition) is 2. The first kappa shape index (κ1) is 19.2. The molecular weight excluding hydrogens is 315 g/mol. The van der Waals surface area contributed by atoms with Crippen molar-refractivity contribution in [3.63, 3.8) is 0 Å². The summed E-state index contributed by atoms with van der Waals surface area (Å²) in [7, 11) is 1.42. The Morgan fingerprint density at radius 1 is 1.39 bits per heavy atom. The number of hydrogen-bond acceptors (Lipinski definition) is 4. The molecule has 5 nitrogen and oxygen atoms in total. The lowest BCUT2D eigenvalue weighted by Crippen LogP contribution is -2.25. The lowest BCUT2D eigenvalue weighted by Gasteiger charge is -2.23. The highest BCUT2D eigenvalue weighted by Crippen LogP contribution is 2.39. The third-order valence-corrected chi connectivity index (χ3v) is 3.28. The number of benzene rings is 1. The third-order valence-electron chi connectivity index (χ3n) is 3.28. The highest BCUT2D eigenvalue weighted by molar-refractivity contribution is 5.68. The molecule has 1 aromatic carbocycles. The molecule has 23 heavy (non-hydrogen) atoms. The number of carboxylic acids is 1. The molecule has 0 unspecified atom stereocenters. The van der Waals surface area contributed by atoms with Gasteiger partial charge in [0.05, 0.1) is 13.0 Å². The Morgan fingerprint density at radius 3 is 2.48 bits per heavy atom. The number of rotatable bonds is 8. The van der Waals surface area contributed by atoms with E-state index in [9.17, 15) is 18.0 Å². The smallest absolute Gasteiger partial charge is 0.418 e. The van der Waals surface area contributed by atoms with Crippen molar-refractivity contribution in [2.45, 2.75) is 31.5 Å². The van der Waals surface area contributed by atoms with Crippen LogP contribution in [-0.4, -0.2) is 37.6 Å². The number of carbonyl (C=O) groups is 1. The topological polar surface area (TPSA) is 81.8 Å². The molecule has 1 rings (SSSR count). The SMILES string of the molecule is CCO[C@H](c1ccc([C@@H](COC)CC(=O)O)cc1N)C(F)(F)F. The molecular formula is C15H20F3NO4. The summed E-state index contributed by atoms with van der Waals surface area (Å²) in [6.07, 6.45) is -6.90. The molecule has 0 saturated heterocycles. The van der Waals surface area contributed by atoms with Crippen LogP contribution in [0.5, 0.6) is 0 Å². The van der Waals surface area contributed by atoms with Crippen LogP contribution in [0.15, 0.2) is 18.2 Å². The van der Waals surface area contributed by atoms with Gasteiger partial charge in [-0.3, -0.25) is 4.79 Å². The summed E-state index contributed by atoms with van der Waals surface area (Å²) in [5, 5.41) is 8.91. The van der Waals surface area contributed by atoms with Crippen LogP contribution in [0.3, 0.4) is 0 Å². The van der Waals surface area contributed by atoms with Gasteiger partial charge in [0.25, 0.3) is 0 Å². The molecule has 0 aliphatic heterocycles. The Balaban J connectivity index is 3.14. The van der Waals surface area contributed by atoms with Gasteiger partial charge in [-0.2, -0.15) is 13.2 Å². The fraction of sp³-hybridized carbons (Fsp3) is 0.533. The molecule has 0 aliphatic rings. The maximum atomic E-state index is 13.0. The molecule has 0 radical (unpaired) electrons. The second kappa shape index (κ2) is 8.16. The molecule has 1 aromatic rings. The van der Waals surface area contributed by atoms with Crippen LogP contribution < -0.4 is 5.73 Å². The van der Waals surface area contributed by atoms with Crippen LogP contribution in [0.2, 0.25) is 0 Å². The van der Waals surface area contributed by atoms with E-state index in [-0.39, 0.29) is 30.9 Å². The molecule has 2 atom stereocenters. The van der Waals surface area contributed by atoms with Crippen molar-refractivity contribution in [1.29, 1.82) is 0 Å². The molecule has 130 valence electrons. The van der Waals surface area contributed by atoms with Gasteiger partial charge in [-0.15, -0.1) is 0 Å². The number of nitrogen functional groups attached to an aromatic ring is 1. The van der Waals surface area contributed by atoms with Crippen LogP contribution >= 0.6 is 0 Å². The van der Waals surface area contributed by atoms with Gasteiger partial charge < -0.3 is 20.3 Å². The Hall–Kier alpha value is -1.80. The van der Waals surface area contributed by atoms with Gasteiger partial charge >= 0.3 is 12.1 Å². The zero-order valence-corrected chi connectivity index (χ0v) is 12.9. The fourth-order valence-electron chi connectivity index (χ4n) is 2.30. The van der Waals surface area contributed by atoms with Gasteiger partial charge in [0, 0.05) is 30.9 Å². The van der Waals surface area contributed by atoms with Crippen LogP contribution in [0.1, 0.15) is 36.5 Å². The van der Waals surface area contributed by atoms with Crippen molar-refractivity contribution >= 4 is 11.7 Å². The van der Waals surface area contributed by atoms with E-state index in [0.717, 1.165) is 0 Å². The normalized spacial score (nSPS) is 14.5. The van der Waals surface area contributed by atoms with Crippen LogP contribution in [0.25, 0.3) is 0 Å². The second-order valence-corrected chi connectivity index (χ2v) is 5.02. The fourth-order valence-corrected chi connectivity index (χ4v) is 2.30. The van der Waals surface area contributed by atoms with Crippen molar-refractivity contribution in [3.8, 4) is 0 Å². The van der Waals surface area contributed by atoms with E-state index in [1.807, 2.05) is 0 Å². The van der Waals surface area contributed by atoms with Gasteiger partial charge in [-0.1, -0.05) is 12.1 Å². The largest absolute Gasteiger partial charge is 0.481 e. The zero-order chi connectivity index (χ0) is 17.6. The van der Waals surface area contributed by atoms with Gasteiger partial charge in [-0.05, 0) is 18.6 Å². The summed E-state index contributed by atoms with van der Waals surface area (Å²) in [5.41, 5.74) is 5.97. The molecule has 8 heteroatoms. The first-order valence-electron chi connectivity index (χ1n) is 6.99. The van der Waals surface area contributed by atoms with E-state index >= 15 is 0 Å². The molecule has 0 bridgehead atoms. The van der Waals surface area contributed by atoms with Gasteiger partial charge in [0.1, 0.15) is 0 Å². The average Bonchev–Trinajstić information content (AvgIpc) is 2.43. The van der Waals surface area contributed by atoms with Crippen molar-refractivity contribution < 1.29 is 32.5 Å². The van der Waals surface area contributed by atoms with E-state index < -0.39 is 24.2 Å². The summed E-state index contributed by atoms with van der Waals surface area (Å²) in [4.78, 5) is 10.9. The lowest BCUT2D eigenvalue weighted by molar-refractivity contribution is -0.222. The number of carboxylic acid groups (broad SMARTS) is 1. The summed E-state index contributed by atoms with van der Waals surface area (Å²) in [5.74, 6) is -1.53. The summed E-state index contributed by atoms with van der Waals surface area (Å²) in [6.45, 7) is 1.47. The molecule has 0 amide bonds. The molecule has 0 spiro atoms. The van der Waals surface area contributed by atoms with Gasteiger partial charge in [0.2, 0.25) is 0 Å². The van der Waals surface area contributed by atoms with E-state index in [1.165, 1.54) is 32.2 Å². The van der Waals surface area contributed by atoms with Crippen LogP contribution in [0.4, 0.5) is 18.9 Å². The highest BCUT2D eigenvalue weighted by Gasteiger charge is 2.42. The summed E-state index contributed by atoms with van der Waals surface area (Å²) >= 11 is 0. The minimum Gasteiger partial charge on any atom is -0.481 e. The number of anilines is 1. The molecule has 0 saturated carbocycles. The number of halogens is 3. The Morgan fingerprint density at radius 2 is 2.04 bits per heavy atom. The number of methoxy groups -OCH3 is 1. The number of aliphatic carboxylic acids is 1. The number of nitrogens with two attached hydrogens (primary N) is 1. The van der Waals surface area contributed by atoms with Crippen molar-refractivity contribution in [3.05, 3.63) is 29.3 Å². The average molecular weight is 335 g/mol. The van der Waals surface area contributed by atoms with Gasteiger partial charge in [-0.25, -0.2) is 0 Å². The predicted octanol–water partition coefficient (Wildman–Crippen LogP) is 3.11. The third kappa shape index (κ3) is 5.40. The summed E-state index contributed by atoms with van der Waals surface area (Å²) < 4.78 is 48.9. The van der Waals surface area contributed by atoms with Crippen LogP contribution in [-0.2, 0) is 14.3 Å². The summed E-state index contributed by atoms with van der Waals surface area (Å²) in [6, 6.07) is 4.00. The monoisotopic (exact) mass is 335 g/mol. The second-order valence-electron chi connectivity index (χ2n) is 5.02. The first-order valence-corrected chi connectivity index (χ1v) is 6.99. The molecule has 0 heterocycles. The Bertz CT molecular complexity index is 534. The molecule has 0 aromatic heterocycles. The molecule has 0 aliphatic carbocycles. The first-order chi connectivity index (χ1) is 10.7. The molecule has 0 fully saturated rings.